The average molecular weight is 508 g/mol. The van der Waals surface area contributed by atoms with Gasteiger partial charge in [-0.15, -0.1) is 0 Å². The lowest BCUT2D eigenvalue weighted by Crippen LogP contribution is -2.18. The Bertz CT molecular complexity index is 1040. The Kier molecular flexibility index (Phi) is 16.7. The van der Waals surface area contributed by atoms with Gasteiger partial charge in [0.05, 0.1) is 5.92 Å². The lowest BCUT2D eigenvalue weighted by molar-refractivity contribution is -0.129. The van der Waals surface area contributed by atoms with Crippen molar-refractivity contribution in [2.45, 2.75) is 87.4 Å². The van der Waals surface area contributed by atoms with Gasteiger partial charge in [-0.05, 0) is 75.9 Å². The van der Waals surface area contributed by atoms with Crippen molar-refractivity contribution in [1.29, 1.82) is 0 Å². The third-order valence-electron chi connectivity index (χ3n) is 5.88. The van der Waals surface area contributed by atoms with Gasteiger partial charge in [-0.3, -0.25) is 19.3 Å². The van der Waals surface area contributed by atoms with E-state index in [1.165, 1.54) is 37.8 Å². The van der Waals surface area contributed by atoms with Crippen LogP contribution in [0.15, 0.2) is 42.5 Å². The Labute approximate surface area is 224 Å². The highest BCUT2D eigenvalue weighted by Gasteiger charge is 2.32. The van der Waals surface area contributed by atoms with E-state index in [0.29, 0.717) is 0 Å². The number of hydrogen-bond donors (Lipinski definition) is 1. The van der Waals surface area contributed by atoms with Gasteiger partial charge in [-0.25, -0.2) is 0 Å². The first-order valence-corrected chi connectivity index (χ1v) is 13.2. The highest BCUT2D eigenvalue weighted by atomic mass is 16.2. The molecule has 0 atom stereocenters. The molecule has 2 aliphatic rings. The molecule has 1 heterocycles. The van der Waals surface area contributed by atoms with Gasteiger partial charge in [0.15, 0.2) is 5.78 Å². The fraction of sp³-hybridized carbons (Fsp3) is 0.469. The minimum Gasteiger partial charge on any atom is -0.400 e. The first-order valence-electron chi connectivity index (χ1n) is 13.2. The smallest absolute Gasteiger partial charge is 0.159 e. The van der Waals surface area contributed by atoms with Crippen molar-refractivity contribution < 1.29 is 19.5 Å². The van der Waals surface area contributed by atoms with Crippen LogP contribution in [0.5, 0.6) is 0 Å². The van der Waals surface area contributed by atoms with Crippen molar-refractivity contribution >= 4 is 17.3 Å². The Balaban J connectivity index is 0.000000786. The fourth-order valence-corrected chi connectivity index (χ4v) is 3.42. The van der Waals surface area contributed by atoms with Crippen LogP contribution in [0.25, 0.3) is 0 Å². The molecule has 5 nitrogen and oxygen atoms in total. The lowest BCUT2D eigenvalue weighted by atomic mass is 10.0. The molecule has 0 amide bonds. The normalized spacial score (nSPS) is 12.8. The van der Waals surface area contributed by atoms with E-state index in [9.17, 15) is 14.4 Å². The van der Waals surface area contributed by atoms with E-state index >= 15 is 0 Å². The van der Waals surface area contributed by atoms with Crippen molar-refractivity contribution in [2.75, 3.05) is 7.11 Å². The average Bonchev–Trinajstić information content (AvgIpc) is 3.69. The summed E-state index contributed by atoms with van der Waals surface area (Å²) in [7, 11) is 1.00. The topological polar surface area (TPSA) is 74.7 Å². The molecule has 37 heavy (non-hydrogen) atoms. The molecule has 1 aliphatic carbocycles. The number of benzene rings is 2. The highest BCUT2D eigenvalue weighted by Crippen LogP contribution is 2.34. The summed E-state index contributed by atoms with van der Waals surface area (Å²) in [6.07, 6.45) is 2.72. The quantitative estimate of drug-likeness (QED) is 0.302. The summed E-state index contributed by atoms with van der Waals surface area (Å²) < 4.78 is 0. The van der Waals surface area contributed by atoms with Gasteiger partial charge >= 0.3 is 0 Å². The molecule has 0 bridgehead atoms. The molecule has 1 N–H and O–H groups in total. The van der Waals surface area contributed by atoms with Crippen LogP contribution in [-0.4, -0.2) is 40.5 Å². The second kappa shape index (κ2) is 18.2. The second-order valence-electron chi connectivity index (χ2n) is 8.45. The van der Waals surface area contributed by atoms with Gasteiger partial charge in [0, 0.05) is 42.9 Å². The molecule has 1 saturated carbocycles. The number of fused-ring (bicyclic) bond motifs is 1. The Hall–Kier alpha value is -3.07. The van der Waals surface area contributed by atoms with Crippen LogP contribution in [0.1, 0.15) is 101 Å². The fourth-order valence-electron chi connectivity index (χ4n) is 3.42. The molecular formula is C32H45NO4. The minimum atomic E-state index is -0.407. The van der Waals surface area contributed by atoms with Gasteiger partial charge in [0.1, 0.15) is 11.6 Å². The molecule has 0 spiro atoms. The largest absolute Gasteiger partial charge is 0.400 e. The molecule has 0 aromatic heterocycles. The molecule has 1 fully saturated rings. The zero-order valence-electron chi connectivity index (χ0n) is 24.1. The van der Waals surface area contributed by atoms with Crippen LogP contribution in [-0.2, 0) is 22.7 Å². The highest BCUT2D eigenvalue weighted by molar-refractivity contribution is 5.99. The van der Waals surface area contributed by atoms with E-state index in [2.05, 4.69) is 34.9 Å². The van der Waals surface area contributed by atoms with Gasteiger partial charge in [-0.2, -0.15) is 0 Å². The zero-order chi connectivity index (χ0) is 28.5. The third kappa shape index (κ3) is 11.7. The molecule has 2 aromatic carbocycles. The molecule has 1 aliphatic heterocycles. The van der Waals surface area contributed by atoms with E-state index in [-0.39, 0.29) is 17.3 Å². The monoisotopic (exact) mass is 507 g/mol. The lowest BCUT2D eigenvalue weighted by Gasteiger charge is -2.11. The van der Waals surface area contributed by atoms with Crippen LogP contribution in [0.2, 0.25) is 0 Å². The van der Waals surface area contributed by atoms with E-state index in [1.54, 1.807) is 13.8 Å². The van der Waals surface area contributed by atoms with Crippen molar-refractivity contribution in [3.05, 3.63) is 70.3 Å². The molecular weight excluding hydrogens is 462 g/mol. The van der Waals surface area contributed by atoms with Crippen LogP contribution in [0.4, 0.5) is 0 Å². The maximum atomic E-state index is 11.3. The Morgan fingerprint density at radius 2 is 1.24 bits per heavy atom. The number of Topliss-reactive ketones (excluding diaryl/α,β-unsaturated/α-hetero) is 3. The first-order chi connectivity index (χ1) is 17.7. The Morgan fingerprint density at radius 3 is 1.68 bits per heavy atom. The summed E-state index contributed by atoms with van der Waals surface area (Å²) >= 11 is 0. The van der Waals surface area contributed by atoms with E-state index in [4.69, 9.17) is 5.11 Å². The molecule has 4 rings (SSSR count). The standard InChI is InChI=1S/C21H19NO.C6H10O2.2C2H6.CH4O/c1-15(23)18-7-4-16(5-8-18)2-3-17-6-9-19-13-22(21-10-11-21)14-20(19)12-17;1-4(5(2)7)6(3)8;3*1-2/h4-9,12,21H,10-11,13-14H2,1H3;4H,1-3H3;2*1-2H3;2H,1H3. The number of carbonyl (C=O) groups is 3. The van der Waals surface area contributed by atoms with Gasteiger partial charge < -0.3 is 5.11 Å². The number of rotatable bonds is 4. The maximum absolute atomic E-state index is 11.3. The Morgan fingerprint density at radius 1 is 0.784 bits per heavy atom. The second-order valence-corrected chi connectivity index (χ2v) is 8.45. The van der Waals surface area contributed by atoms with Gasteiger partial charge in [0.2, 0.25) is 0 Å². The molecule has 5 heteroatoms. The summed E-state index contributed by atoms with van der Waals surface area (Å²) in [4.78, 5) is 34.6. The number of ketones is 3. The maximum Gasteiger partial charge on any atom is 0.159 e. The molecule has 0 unspecified atom stereocenters. The molecule has 0 saturated heterocycles. The van der Waals surface area contributed by atoms with Gasteiger partial charge in [0.25, 0.3) is 0 Å². The van der Waals surface area contributed by atoms with Crippen molar-refractivity contribution in [3.63, 3.8) is 0 Å². The van der Waals surface area contributed by atoms with Crippen LogP contribution in [0, 0.1) is 17.8 Å². The molecule has 0 radical (unpaired) electrons. The first kappa shape index (κ1) is 33.9. The third-order valence-corrected chi connectivity index (χ3v) is 5.88. The summed E-state index contributed by atoms with van der Waals surface area (Å²) in [5, 5.41) is 7.00. The molecule has 2 aromatic rings. The number of nitrogens with zero attached hydrogens (tertiary/aromatic N) is 1. The predicted molar refractivity (Wildman–Crippen MR) is 153 cm³/mol. The SMILES string of the molecule is CC.CC.CC(=O)C(C)C(C)=O.CC(=O)c1ccc(C#Cc2ccc3c(c2)CN(C2CC2)C3)cc1.CO. The van der Waals surface area contributed by atoms with E-state index in [1.807, 2.05) is 52.0 Å². The van der Waals surface area contributed by atoms with Crippen LogP contribution >= 0.6 is 0 Å². The number of aliphatic hydroxyl groups is 1. The summed E-state index contributed by atoms with van der Waals surface area (Å²) in [5.41, 5.74) is 5.62. The summed E-state index contributed by atoms with van der Waals surface area (Å²) in [6.45, 7) is 16.2. The number of hydrogen-bond acceptors (Lipinski definition) is 5. The van der Waals surface area contributed by atoms with Crippen molar-refractivity contribution in [2.24, 2.45) is 5.92 Å². The molecule has 202 valence electrons. The zero-order valence-corrected chi connectivity index (χ0v) is 24.1. The van der Waals surface area contributed by atoms with Crippen LogP contribution in [0.3, 0.4) is 0 Å². The van der Waals surface area contributed by atoms with E-state index in [0.717, 1.165) is 42.9 Å². The van der Waals surface area contributed by atoms with Gasteiger partial charge in [-0.1, -0.05) is 57.7 Å². The van der Waals surface area contributed by atoms with Crippen LogP contribution < -0.4 is 0 Å². The number of carbonyl (C=O) groups excluding carboxylic acids is 3. The summed E-state index contributed by atoms with van der Waals surface area (Å²) in [6, 6.07) is 14.9. The van der Waals surface area contributed by atoms with Crippen molar-refractivity contribution in [3.8, 4) is 11.8 Å². The number of aliphatic hydroxyl groups excluding tert-OH is 1. The van der Waals surface area contributed by atoms with E-state index < -0.39 is 5.92 Å². The predicted octanol–water partition coefficient (Wildman–Crippen LogP) is 6.23. The summed E-state index contributed by atoms with van der Waals surface area (Å²) in [5.74, 6) is 6.00. The minimum absolute atomic E-state index is 0.0579. The van der Waals surface area contributed by atoms with Crippen molar-refractivity contribution in [1.82, 2.24) is 4.90 Å².